The molecule has 2 aromatic heterocycles. The van der Waals surface area contributed by atoms with E-state index in [2.05, 4.69) is 15.4 Å². The van der Waals surface area contributed by atoms with Gasteiger partial charge in [0.05, 0.1) is 25.0 Å². The summed E-state index contributed by atoms with van der Waals surface area (Å²) in [5.41, 5.74) is 1.76. The van der Waals surface area contributed by atoms with Crippen LogP contribution in [0.3, 0.4) is 0 Å². The molecule has 0 aromatic carbocycles. The van der Waals surface area contributed by atoms with Gasteiger partial charge >= 0.3 is 0 Å². The molecule has 2 aliphatic rings. The Morgan fingerprint density at radius 3 is 2.67 bits per heavy atom. The molecule has 3 heterocycles. The molecule has 2 aromatic rings. The summed E-state index contributed by atoms with van der Waals surface area (Å²) in [6, 6.07) is 3.72. The van der Waals surface area contributed by atoms with Crippen LogP contribution in [0.5, 0.6) is 0 Å². The van der Waals surface area contributed by atoms with Crippen molar-refractivity contribution in [2.24, 2.45) is 0 Å². The second kappa shape index (κ2) is 8.43. The maximum absolute atomic E-state index is 13.5. The van der Waals surface area contributed by atoms with E-state index >= 15 is 0 Å². The summed E-state index contributed by atoms with van der Waals surface area (Å²) in [7, 11) is 0. The minimum absolute atomic E-state index is 0.0597. The van der Waals surface area contributed by atoms with Gasteiger partial charge in [-0.15, -0.1) is 0 Å². The van der Waals surface area contributed by atoms with Crippen LogP contribution in [0.2, 0.25) is 0 Å². The van der Waals surface area contributed by atoms with Crippen molar-refractivity contribution in [3.8, 4) is 5.95 Å². The Morgan fingerprint density at radius 2 is 2.00 bits per heavy atom. The largest absolute Gasteiger partial charge is 0.394 e. The Hall–Kier alpha value is -2.33. The van der Waals surface area contributed by atoms with Gasteiger partial charge in [-0.3, -0.25) is 0 Å². The van der Waals surface area contributed by atoms with Crippen LogP contribution in [0.4, 0.5) is 20.4 Å². The normalized spacial score (nSPS) is 22.3. The average molecular weight is 422 g/mol. The quantitative estimate of drug-likeness (QED) is 0.765. The molecule has 8 nitrogen and oxygen atoms in total. The van der Waals surface area contributed by atoms with Crippen molar-refractivity contribution in [1.82, 2.24) is 19.7 Å². The van der Waals surface area contributed by atoms with Crippen molar-refractivity contribution >= 4 is 11.6 Å². The summed E-state index contributed by atoms with van der Waals surface area (Å²) < 4.78 is 34.3. The van der Waals surface area contributed by atoms with Gasteiger partial charge in [0.15, 0.2) is 0 Å². The fourth-order valence-corrected chi connectivity index (χ4v) is 4.02. The Balaban J connectivity index is 1.63. The second-order valence-electron chi connectivity index (χ2n) is 8.15. The zero-order valence-electron chi connectivity index (χ0n) is 17.3. The topological polar surface area (TPSA) is 88.3 Å². The number of aromatic nitrogens is 4. The molecule has 0 bridgehead atoms. The predicted molar refractivity (Wildman–Crippen MR) is 108 cm³/mol. The molecule has 4 rings (SSSR count). The third-order valence-electron chi connectivity index (χ3n) is 5.64. The highest BCUT2D eigenvalue weighted by Gasteiger charge is 2.35. The van der Waals surface area contributed by atoms with E-state index in [-0.39, 0.29) is 31.6 Å². The number of nitrogens with zero attached hydrogens (tertiary/aromatic N) is 5. The summed E-state index contributed by atoms with van der Waals surface area (Å²) in [6.07, 6.45) is 0.281. The number of aliphatic hydroxyl groups is 1. The van der Waals surface area contributed by atoms with Gasteiger partial charge in [-0.1, -0.05) is 0 Å². The number of hydrogen-bond donors (Lipinski definition) is 2. The Labute approximate surface area is 174 Å². The third-order valence-corrected chi connectivity index (χ3v) is 5.64. The van der Waals surface area contributed by atoms with E-state index in [1.807, 2.05) is 30.9 Å². The van der Waals surface area contributed by atoms with Crippen molar-refractivity contribution < 1.29 is 18.6 Å². The number of alkyl halides is 2. The van der Waals surface area contributed by atoms with Gasteiger partial charge in [-0.25, -0.2) is 13.5 Å². The number of aryl methyl sites for hydroxylation is 2. The zero-order chi connectivity index (χ0) is 21.3. The molecule has 1 aliphatic carbocycles. The van der Waals surface area contributed by atoms with Gasteiger partial charge in [0.1, 0.15) is 11.6 Å². The molecule has 1 atom stereocenters. The molecule has 1 saturated heterocycles. The van der Waals surface area contributed by atoms with Crippen LogP contribution >= 0.6 is 0 Å². The third kappa shape index (κ3) is 4.70. The fourth-order valence-electron chi connectivity index (χ4n) is 4.02. The lowest BCUT2D eigenvalue weighted by Crippen LogP contribution is -2.44. The number of ether oxygens (including phenoxy) is 1. The first-order chi connectivity index (χ1) is 14.3. The molecule has 0 spiro atoms. The smallest absolute Gasteiger partial charge is 0.254 e. The van der Waals surface area contributed by atoms with E-state index < -0.39 is 5.92 Å². The Bertz CT molecular complexity index is 880. The Kier molecular flexibility index (Phi) is 5.88. The SMILES string of the molecule is Cc1cc(C)n(-c2nc(NC3CCC(F)(F)CC3)cc(N3CCO[C@@H](CO)C3)n2)n1. The molecule has 1 saturated carbocycles. The number of anilines is 2. The van der Waals surface area contributed by atoms with E-state index in [9.17, 15) is 13.9 Å². The lowest BCUT2D eigenvalue weighted by molar-refractivity contribution is -0.0361. The molecule has 2 N–H and O–H groups in total. The molecule has 0 unspecified atom stereocenters. The van der Waals surface area contributed by atoms with Gasteiger partial charge in [-0.2, -0.15) is 15.1 Å². The van der Waals surface area contributed by atoms with E-state index in [4.69, 9.17) is 9.72 Å². The fraction of sp³-hybridized carbons (Fsp3) is 0.650. The van der Waals surface area contributed by atoms with E-state index in [1.54, 1.807) is 4.68 Å². The summed E-state index contributed by atoms with van der Waals surface area (Å²) >= 11 is 0. The van der Waals surface area contributed by atoms with Gasteiger partial charge in [0.25, 0.3) is 5.95 Å². The monoisotopic (exact) mass is 422 g/mol. The van der Waals surface area contributed by atoms with E-state index in [0.29, 0.717) is 50.1 Å². The number of morpholine rings is 1. The maximum Gasteiger partial charge on any atom is 0.254 e. The molecule has 164 valence electrons. The van der Waals surface area contributed by atoms with Gasteiger partial charge in [-0.05, 0) is 32.8 Å². The average Bonchev–Trinajstić information content (AvgIpc) is 3.07. The number of aliphatic hydroxyl groups excluding tert-OH is 1. The lowest BCUT2D eigenvalue weighted by atomic mass is 9.92. The van der Waals surface area contributed by atoms with Crippen molar-refractivity contribution in [2.75, 3.05) is 36.5 Å². The first kappa shape index (κ1) is 20.9. The first-order valence-corrected chi connectivity index (χ1v) is 10.4. The highest BCUT2D eigenvalue weighted by atomic mass is 19.3. The Morgan fingerprint density at radius 1 is 1.23 bits per heavy atom. The zero-order valence-corrected chi connectivity index (χ0v) is 17.3. The van der Waals surface area contributed by atoms with Crippen molar-refractivity contribution in [3.63, 3.8) is 0 Å². The minimum atomic E-state index is -2.57. The standard InChI is InChI=1S/C20H28F2N6O2/c1-13-9-14(2)28(26-13)19-24-17(23-15-3-5-20(21,22)6-4-15)10-18(25-19)27-7-8-30-16(11-27)12-29/h9-10,15-16,29H,3-8,11-12H2,1-2H3,(H,23,24,25)/t16-/m1/s1. The highest BCUT2D eigenvalue weighted by molar-refractivity contribution is 5.52. The maximum atomic E-state index is 13.5. The predicted octanol–water partition coefficient (Wildman–Crippen LogP) is 2.47. The summed E-state index contributed by atoms with van der Waals surface area (Å²) in [6.45, 7) is 5.42. The van der Waals surface area contributed by atoms with E-state index in [1.165, 1.54) is 0 Å². The van der Waals surface area contributed by atoms with Crippen LogP contribution in [0.25, 0.3) is 5.95 Å². The van der Waals surface area contributed by atoms with Crippen molar-refractivity contribution in [2.45, 2.75) is 57.6 Å². The number of nitrogens with one attached hydrogen (secondary N) is 1. The molecule has 0 radical (unpaired) electrons. The summed E-state index contributed by atoms with van der Waals surface area (Å²) in [4.78, 5) is 11.4. The van der Waals surface area contributed by atoms with Crippen LogP contribution in [0.15, 0.2) is 12.1 Å². The number of hydrogen-bond acceptors (Lipinski definition) is 7. The minimum Gasteiger partial charge on any atom is -0.394 e. The van der Waals surface area contributed by atoms with Gasteiger partial charge in [0, 0.05) is 43.7 Å². The molecular formula is C20H28F2N6O2. The van der Waals surface area contributed by atoms with Gasteiger partial charge in [0.2, 0.25) is 5.92 Å². The van der Waals surface area contributed by atoms with Crippen LogP contribution in [0.1, 0.15) is 37.1 Å². The van der Waals surface area contributed by atoms with Crippen LogP contribution in [0, 0.1) is 13.8 Å². The number of halogens is 2. The van der Waals surface area contributed by atoms with Crippen LogP contribution in [-0.4, -0.2) is 69.2 Å². The second-order valence-corrected chi connectivity index (χ2v) is 8.15. The van der Waals surface area contributed by atoms with E-state index in [0.717, 1.165) is 11.4 Å². The number of rotatable bonds is 5. The molecule has 1 aliphatic heterocycles. The van der Waals surface area contributed by atoms with Gasteiger partial charge < -0.3 is 20.1 Å². The molecule has 2 fully saturated rings. The lowest BCUT2D eigenvalue weighted by Gasteiger charge is -2.33. The molecule has 0 amide bonds. The van der Waals surface area contributed by atoms with Crippen LogP contribution < -0.4 is 10.2 Å². The summed E-state index contributed by atoms with van der Waals surface area (Å²) in [5, 5.41) is 17.3. The van der Waals surface area contributed by atoms with Crippen molar-refractivity contribution in [1.29, 1.82) is 0 Å². The molecule has 10 heteroatoms. The molecular weight excluding hydrogens is 394 g/mol. The summed E-state index contributed by atoms with van der Waals surface area (Å²) in [5.74, 6) is -0.867. The highest BCUT2D eigenvalue weighted by Crippen LogP contribution is 2.34. The van der Waals surface area contributed by atoms with Crippen molar-refractivity contribution in [3.05, 3.63) is 23.5 Å². The van der Waals surface area contributed by atoms with Crippen LogP contribution in [-0.2, 0) is 4.74 Å². The molecule has 30 heavy (non-hydrogen) atoms. The first-order valence-electron chi connectivity index (χ1n) is 10.4.